The summed E-state index contributed by atoms with van der Waals surface area (Å²) < 4.78 is 33.4. The summed E-state index contributed by atoms with van der Waals surface area (Å²) in [5.74, 6) is -1.75. The average Bonchev–Trinajstić information content (AvgIpc) is 2.79. The van der Waals surface area contributed by atoms with Crippen LogP contribution in [0.2, 0.25) is 0 Å². The summed E-state index contributed by atoms with van der Waals surface area (Å²) in [5, 5.41) is 2.54. The van der Waals surface area contributed by atoms with Gasteiger partial charge in [0, 0.05) is 5.56 Å². The first-order chi connectivity index (χ1) is 16.1. The monoisotopic (exact) mass is 480 g/mol. The summed E-state index contributed by atoms with van der Waals surface area (Å²) in [6.07, 6.45) is 0. The molecule has 0 saturated heterocycles. The number of benzene rings is 3. The number of hydrogen-bond acceptors (Lipinski definition) is 6. The van der Waals surface area contributed by atoms with E-state index in [9.17, 15) is 22.8 Å². The van der Waals surface area contributed by atoms with Gasteiger partial charge in [-0.15, -0.1) is 0 Å². The maximum absolute atomic E-state index is 13.0. The van der Waals surface area contributed by atoms with E-state index in [2.05, 4.69) is 10.0 Å². The van der Waals surface area contributed by atoms with Crippen molar-refractivity contribution in [3.8, 4) is 0 Å². The lowest BCUT2D eigenvalue weighted by molar-refractivity contribution is -0.119. The van der Waals surface area contributed by atoms with E-state index in [0.717, 1.165) is 5.56 Å². The van der Waals surface area contributed by atoms with Gasteiger partial charge in [0.1, 0.15) is 0 Å². The van der Waals surface area contributed by atoms with Gasteiger partial charge in [-0.05, 0) is 62.2 Å². The van der Waals surface area contributed by atoms with Gasteiger partial charge in [-0.1, -0.05) is 36.4 Å². The number of Topliss-reactive ketones (excluding diaryl/α,β-unsaturated/α-hetero) is 1. The Balaban J connectivity index is 1.73. The van der Waals surface area contributed by atoms with Gasteiger partial charge in [-0.3, -0.25) is 14.3 Å². The van der Waals surface area contributed by atoms with E-state index in [4.69, 9.17) is 4.74 Å². The van der Waals surface area contributed by atoms with Gasteiger partial charge in [0.15, 0.2) is 12.4 Å². The highest BCUT2D eigenvalue weighted by atomic mass is 32.2. The lowest BCUT2D eigenvalue weighted by Gasteiger charge is -2.14. The summed E-state index contributed by atoms with van der Waals surface area (Å²) in [7, 11) is -3.98. The zero-order chi connectivity index (χ0) is 24.9. The van der Waals surface area contributed by atoms with Crippen molar-refractivity contribution in [3.05, 3.63) is 89.0 Å². The third-order valence-corrected chi connectivity index (χ3v) is 6.45. The number of hydrogen-bond donors (Lipinski definition) is 2. The largest absolute Gasteiger partial charge is 0.452 e. The van der Waals surface area contributed by atoms with Crippen molar-refractivity contribution in [3.63, 3.8) is 0 Å². The predicted octanol–water partition coefficient (Wildman–Crippen LogP) is 4.10. The molecule has 3 aromatic rings. The second kappa shape index (κ2) is 10.3. The van der Waals surface area contributed by atoms with Gasteiger partial charge in [-0.25, -0.2) is 13.2 Å². The molecular formula is C25H24N2O6S. The number of ketones is 1. The highest BCUT2D eigenvalue weighted by Crippen LogP contribution is 2.24. The number of rotatable bonds is 8. The first-order valence-corrected chi connectivity index (χ1v) is 11.8. The molecule has 0 aliphatic carbocycles. The minimum absolute atomic E-state index is 0.0238. The van der Waals surface area contributed by atoms with Crippen LogP contribution in [0.3, 0.4) is 0 Å². The van der Waals surface area contributed by atoms with Gasteiger partial charge >= 0.3 is 5.97 Å². The number of para-hydroxylation sites is 2. The number of carbonyl (C=O) groups is 3. The van der Waals surface area contributed by atoms with Crippen molar-refractivity contribution in [1.29, 1.82) is 0 Å². The normalized spacial score (nSPS) is 10.9. The predicted molar refractivity (Wildman–Crippen MR) is 129 cm³/mol. The van der Waals surface area contributed by atoms with Crippen molar-refractivity contribution in [2.24, 2.45) is 0 Å². The van der Waals surface area contributed by atoms with Gasteiger partial charge in [0.25, 0.3) is 15.9 Å². The molecule has 8 nitrogen and oxygen atoms in total. The summed E-state index contributed by atoms with van der Waals surface area (Å²) in [6, 6.07) is 17.5. The summed E-state index contributed by atoms with van der Waals surface area (Å²) in [4.78, 5) is 36.7. The van der Waals surface area contributed by atoms with Gasteiger partial charge in [0.05, 0.1) is 21.8 Å². The summed E-state index contributed by atoms with van der Waals surface area (Å²) >= 11 is 0. The zero-order valence-electron chi connectivity index (χ0n) is 18.9. The van der Waals surface area contributed by atoms with E-state index < -0.39 is 28.5 Å². The van der Waals surface area contributed by atoms with Crippen LogP contribution < -0.4 is 10.0 Å². The van der Waals surface area contributed by atoms with Crippen molar-refractivity contribution in [1.82, 2.24) is 0 Å². The number of amides is 1. The quantitative estimate of drug-likeness (QED) is 0.370. The number of carbonyl (C=O) groups excluding carboxylic acids is 3. The second-order valence-electron chi connectivity index (χ2n) is 7.65. The molecule has 3 aromatic carbocycles. The molecule has 1 amide bonds. The molecule has 2 N–H and O–H groups in total. The van der Waals surface area contributed by atoms with Gasteiger partial charge < -0.3 is 10.1 Å². The molecule has 0 fully saturated rings. The Morgan fingerprint density at radius 2 is 1.47 bits per heavy atom. The van der Waals surface area contributed by atoms with Gasteiger partial charge in [-0.2, -0.15) is 0 Å². The van der Waals surface area contributed by atoms with Crippen LogP contribution >= 0.6 is 0 Å². The molecule has 0 aliphatic heterocycles. The van der Waals surface area contributed by atoms with E-state index in [1.165, 1.54) is 19.1 Å². The third-order valence-electron chi connectivity index (χ3n) is 4.94. The highest BCUT2D eigenvalue weighted by Gasteiger charge is 2.22. The van der Waals surface area contributed by atoms with Crippen molar-refractivity contribution in [2.75, 3.05) is 16.6 Å². The molecule has 176 valence electrons. The Morgan fingerprint density at radius 1 is 0.853 bits per heavy atom. The van der Waals surface area contributed by atoms with E-state index in [1.54, 1.807) is 68.4 Å². The molecule has 0 bridgehead atoms. The Bertz CT molecular complexity index is 1370. The van der Waals surface area contributed by atoms with Crippen LogP contribution in [-0.2, 0) is 19.6 Å². The summed E-state index contributed by atoms with van der Waals surface area (Å²) in [5.41, 5.74) is 1.94. The SMILES string of the molecule is CC(=O)c1ccccc1NC(=O)COC(=O)c1ccccc1NS(=O)(=O)c1cc(C)ccc1C. The topological polar surface area (TPSA) is 119 Å². The molecule has 0 aromatic heterocycles. The summed E-state index contributed by atoms with van der Waals surface area (Å²) in [6.45, 7) is 4.21. The average molecular weight is 481 g/mol. The first-order valence-electron chi connectivity index (χ1n) is 10.3. The Labute approximate surface area is 198 Å². The zero-order valence-corrected chi connectivity index (χ0v) is 19.7. The number of ether oxygens (including phenoxy) is 1. The minimum atomic E-state index is -3.98. The van der Waals surface area contributed by atoms with E-state index in [-0.39, 0.29) is 21.9 Å². The Kier molecular flexibility index (Phi) is 7.47. The maximum atomic E-state index is 13.0. The van der Waals surface area contributed by atoms with Crippen LogP contribution in [0, 0.1) is 13.8 Å². The number of nitrogens with one attached hydrogen (secondary N) is 2. The van der Waals surface area contributed by atoms with Crippen molar-refractivity contribution < 1.29 is 27.5 Å². The van der Waals surface area contributed by atoms with Crippen molar-refractivity contribution in [2.45, 2.75) is 25.7 Å². The number of anilines is 2. The lowest BCUT2D eigenvalue weighted by Crippen LogP contribution is -2.23. The first kappa shape index (κ1) is 24.7. The number of esters is 1. The molecule has 34 heavy (non-hydrogen) atoms. The third kappa shape index (κ3) is 5.87. The van der Waals surface area contributed by atoms with Crippen LogP contribution in [0.4, 0.5) is 11.4 Å². The molecule has 0 aliphatic rings. The van der Waals surface area contributed by atoms with Crippen LogP contribution in [-0.4, -0.2) is 32.7 Å². The molecule has 0 radical (unpaired) electrons. The van der Waals surface area contributed by atoms with Crippen LogP contribution in [0.5, 0.6) is 0 Å². The van der Waals surface area contributed by atoms with E-state index in [1.807, 2.05) is 0 Å². The molecule has 0 heterocycles. The van der Waals surface area contributed by atoms with Crippen LogP contribution in [0.1, 0.15) is 38.8 Å². The Hall–Kier alpha value is -3.98. The fourth-order valence-electron chi connectivity index (χ4n) is 3.24. The minimum Gasteiger partial charge on any atom is -0.452 e. The number of sulfonamides is 1. The number of aryl methyl sites for hydroxylation is 2. The Morgan fingerprint density at radius 3 is 2.15 bits per heavy atom. The molecule has 0 atom stereocenters. The molecule has 0 unspecified atom stereocenters. The molecule has 0 spiro atoms. The standard InChI is InChI=1S/C25H24N2O6S/c1-16-12-13-17(2)23(14-16)34(31,32)27-22-11-7-5-9-20(22)25(30)33-15-24(29)26-21-10-6-4-8-19(21)18(3)28/h4-14,27H,15H2,1-3H3,(H,26,29). The van der Waals surface area contributed by atoms with E-state index >= 15 is 0 Å². The molecule has 0 saturated carbocycles. The lowest BCUT2D eigenvalue weighted by atomic mass is 10.1. The van der Waals surface area contributed by atoms with Crippen LogP contribution in [0.15, 0.2) is 71.6 Å². The molecular weight excluding hydrogens is 456 g/mol. The molecule has 9 heteroatoms. The fourth-order valence-corrected chi connectivity index (χ4v) is 4.65. The fraction of sp³-hybridized carbons (Fsp3) is 0.160. The van der Waals surface area contributed by atoms with Gasteiger partial charge in [0.2, 0.25) is 0 Å². The maximum Gasteiger partial charge on any atom is 0.340 e. The van der Waals surface area contributed by atoms with E-state index in [0.29, 0.717) is 16.8 Å². The highest BCUT2D eigenvalue weighted by molar-refractivity contribution is 7.92. The van der Waals surface area contributed by atoms with Crippen molar-refractivity contribution >= 4 is 39.1 Å². The van der Waals surface area contributed by atoms with Crippen LogP contribution in [0.25, 0.3) is 0 Å². The second-order valence-corrected chi connectivity index (χ2v) is 9.30. The smallest absolute Gasteiger partial charge is 0.340 e. The molecule has 3 rings (SSSR count).